The smallest absolute Gasteiger partial charge is 0.256 e. The highest BCUT2D eigenvalue weighted by molar-refractivity contribution is 9.10. The lowest BCUT2D eigenvalue weighted by molar-refractivity contribution is 0.102. The zero-order chi connectivity index (χ0) is 20.5. The van der Waals surface area contributed by atoms with Crippen LogP contribution in [0.2, 0.25) is 0 Å². The quantitative estimate of drug-likeness (QED) is 0.442. The number of furan rings is 1. The van der Waals surface area contributed by atoms with E-state index in [0.717, 1.165) is 4.47 Å². The number of hydrogen-bond donors (Lipinski definition) is 1. The minimum atomic E-state index is -0.287. The molecule has 0 unspecified atom stereocenters. The number of pyridine rings is 1. The maximum absolute atomic E-state index is 13.2. The van der Waals surface area contributed by atoms with Gasteiger partial charge in [-0.05, 0) is 50.2 Å². The summed E-state index contributed by atoms with van der Waals surface area (Å²) in [5, 5.41) is 8.03. The molecule has 0 bridgehead atoms. The van der Waals surface area contributed by atoms with Gasteiger partial charge < -0.3 is 14.5 Å². The zero-order valence-electron chi connectivity index (χ0n) is 16.1. The molecule has 7 nitrogen and oxygen atoms in total. The van der Waals surface area contributed by atoms with Crippen LogP contribution in [-0.2, 0) is 0 Å². The van der Waals surface area contributed by atoms with Gasteiger partial charge in [0.15, 0.2) is 11.4 Å². The molecule has 0 spiro atoms. The van der Waals surface area contributed by atoms with E-state index in [2.05, 4.69) is 26.3 Å². The molecule has 0 atom stereocenters. The topological polar surface area (TPSA) is 82.2 Å². The summed E-state index contributed by atoms with van der Waals surface area (Å²) in [4.78, 5) is 17.9. The fourth-order valence-corrected chi connectivity index (χ4v) is 3.46. The van der Waals surface area contributed by atoms with Gasteiger partial charge in [0.2, 0.25) is 0 Å². The van der Waals surface area contributed by atoms with Crippen LogP contribution in [-0.4, -0.2) is 27.8 Å². The Morgan fingerprint density at radius 2 is 2.10 bits per heavy atom. The number of ether oxygens (including phenoxy) is 1. The van der Waals surface area contributed by atoms with E-state index in [9.17, 15) is 4.79 Å². The van der Waals surface area contributed by atoms with E-state index >= 15 is 0 Å². The molecule has 0 radical (unpaired) electrons. The number of benzene rings is 1. The predicted molar refractivity (Wildman–Crippen MR) is 114 cm³/mol. The molecule has 29 heavy (non-hydrogen) atoms. The third kappa shape index (κ3) is 3.63. The molecule has 0 saturated heterocycles. The van der Waals surface area contributed by atoms with Crippen molar-refractivity contribution in [2.75, 3.05) is 12.4 Å². The number of rotatable bonds is 5. The average molecular weight is 455 g/mol. The molecule has 0 aliphatic carbocycles. The number of fused-ring (bicyclic) bond motifs is 1. The molecule has 1 amide bonds. The van der Waals surface area contributed by atoms with Gasteiger partial charge >= 0.3 is 0 Å². The lowest BCUT2D eigenvalue weighted by atomic mass is 10.1. The van der Waals surface area contributed by atoms with Crippen molar-refractivity contribution >= 4 is 38.6 Å². The summed E-state index contributed by atoms with van der Waals surface area (Å²) in [5.74, 6) is 0.860. The highest BCUT2D eigenvalue weighted by atomic mass is 79.9. The lowest BCUT2D eigenvalue weighted by Gasteiger charge is -2.12. The number of hydrogen-bond acceptors (Lipinski definition) is 5. The average Bonchev–Trinajstić information content (AvgIpc) is 3.37. The summed E-state index contributed by atoms with van der Waals surface area (Å²) in [7, 11) is 1.56. The first-order valence-electron chi connectivity index (χ1n) is 9.05. The number of halogens is 1. The second-order valence-electron chi connectivity index (χ2n) is 6.75. The van der Waals surface area contributed by atoms with Crippen molar-refractivity contribution in [2.24, 2.45) is 0 Å². The minimum Gasteiger partial charge on any atom is -0.495 e. The van der Waals surface area contributed by atoms with Crippen molar-refractivity contribution < 1.29 is 13.9 Å². The monoisotopic (exact) mass is 454 g/mol. The van der Waals surface area contributed by atoms with Crippen molar-refractivity contribution in [3.05, 3.63) is 58.9 Å². The Labute approximate surface area is 175 Å². The fourth-order valence-electron chi connectivity index (χ4n) is 3.10. The molecule has 4 aromatic rings. The number of anilines is 1. The first-order chi connectivity index (χ1) is 14.0. The highest BCUT2D eigenvalue weighted by Crippen LogP contribution is 2.31. The molecular formula is C21H19BrN4O3. The van der Waals surface area contributed by atoms with Crippen LogP contribution in [0.5, 0.6) is 5.75 Å². The summed E-state index contributed by atoms with van der Waals surface area (Å²) < 4.78 is 13.5. The molecule has 0 fully saturated rings. The molecule has 0 aliphatic heterocycles. The molecule has 4 rings (SSSR count). The molecule has 1 aromatic carbocycles. The Morgan fingerprint density at radius 3 is 2.79 bits per heavy atom. The van der Waals surface area contributed by atoms with E-state index in [1.165, 1.54) is 0 Å². The van der Waals surface area contributed by atoms with Crippen LogP contribution in [0.4, 0.5) is 5.69 Å². The van der Waals surface area contributed by atoms with E-state index in [0.29, 0.717) is 39.5 Å². The molecule has 0 aliphatic rings. The molecule has 1 N–H and O–H groups in total. The Balaban J connectivity index is 1.84. The van der Waals surface area contributed by atoms with Gasteiger partial charge in [0.25, 0.3) is 5.91 Å². The number of amides is 1. The molecular weight excluding hydrogens is 436 g/mol. The Hall–Kier alpha value is -3.13. The summed E-state index contributed by atoms with van der Waals surface area (Å²) >= 11 is 3.43. The van der Waals surface area contributed by atoms with E-state index in [-0.39, 0.29) is 11.9 Å². The predicted octanol–water partition coefficient (Wildman–Crippen LogP) is 5.30. The van der Waals surface area contributed by atoms with Crippen LogP contribution in [0.25, 0.3) is 22.5 Å². The van der Waals surface area contributed by atoms with E-state index < -0.39 is 0 Å². The van der Waals surface area contributed by atoms with Crippen molar-refractivity contribution in [1.82, 2.24) is 14.8 Å². The van der Waals surface area contributed by atoms with Gasteiger partial charge in [0.1, 0.15) is 11.4 Å². The highest BCUT2D eigenvalue weighted by Gasteiger charge is 2.20. The maximum Gasteiger partial charge on any atom is 0.256 e. The van der Waals surface area contributed by atoms with Gasteiger partial charge in [-0.15, -0.1) is 0 Å². The van der Waals surface area contributed by atoms with E-state index in [1.54, 1.807) is 48.5 Å². The van der Waals surface area contributed by atoms with Gasteiger partial charge in [-0.3, -0.25) is 4.79 Å². The van der Waals surface area contributed by atoms with E-state index in [1.807, 2.05) is 26.0 Å². The first-order valence-corrected chi connectivity index (χ1v) is 9.84. The first kappa shape index (κ1) is 19.2. The number of nitrogens with zero attached hydrogens (tertiary/aromatic N) is 3. The van der Waals surface area contributed by atoms with Gasteiger partial charge in [-0.25, -0.2) is 9.67 Å². The van der Waals surface area contributed by atoms with Gasteiger partial charge in [-0.2, -0.15) is 5.10 Å². The van der Waals surface area contributed by atoms with Crippen LogP contribution in [0.3, 0.4) is 0 Å². The van der Waals surface area contributed by atoms with Crippen LogP contribution in [0, 0.1) is 0 Å². The standard InChI is InChI=1S/C21H19BrN4O3/c1-12(2)26-20-15(11-23-26)14(10-17(24-20)19-5-4-8-29-19)21(27)25-16-9-13(22)6-7-18(16)28-3/h4-12H,1-3H3,(H,25,27). The second-order valence-corrected chi connectivity index (χ2v) is 7.67. The summed E-state index contributed by atoms with van der Waals surface area (Å²) in [5.41, 5.74) is 2.21. The summed E-state index contributed by atoms with van der Waals surface area (Å²) in [6, 6.07) is 10.8. The van der Waals surface area contributed by atoms with Crippen LogP contribution < -0.4 is 10.1 Å². The van der Waals surface area contributed by atoms with Crippen molar-refractivity contribution in [2.45, 2.75) is 19.9 Å². The van der Waals surface area contributed by atoms with Crippen LogP contribution >= 0.6 is 15.9 Å². The fraction of sp³-hybridized carbons (Fsp3) is 0.190. The molecule has 0 saturated carbocycles. The van der Waals surface area contributed by atoms with Gasteiger partial charge in [-0.1, -0.05) is 15.9 Å². The van der Waals surface area contributed by atoms with Crippen molar-refractivity contribution in [3.63, 3.8) is 0 Å². The van der Waals surface area contributed by atoms with E-state index in [4.69, 9.17) is 14.1 Å². The summed E-state index contributed by atoms with van der Waals surface area (Å²) in [6.07, 6.45) is 3.24. The third-order valence-electron chi connectivity index (χ3n) is 4.48. The number of methoxy groups -OCH3 is 1. The molecule has 8 heteroatoms. The van der Waals surface area contributed by atoms with Crippen molar-refractivity contribution in [3.8, 4) is 17.2 Å². The molecule has 3 heterocycles. The SMILES string of the molecule is COc1ccc(Br)cc1NC(=O)c1cc(-c2ccco2)nc2c1cnn2C(C)C. The number of carbonyl (C=O) groups is 1. The Morgan fingerprint density at radius 1 is 1.28 bits per heavy atom. The lowest BCUT2D eigenvalue weighted by Crippen LogP contribution is -2.14. The number of aromatic nitrogens is 3. The number of nitrogens with one attached hydrogen (secondary N) is 1. The zero-order valence-corrected chi connectivity index (χ0v) is 17.7. The molecule has 148 valence electrons. The Bertz CT molecular complexity index is 1180. The minimum absolute atomic E-state index is 0.0907. The second kappa shape index (κ2) is 7.71. The van der Waals surface area contributed by atoms with Gasteiger partial charge in [0, 0.05) is 10.5 Å². The normalized spacial score (nSPS) is 11.2. The van der Waals surface area contributed by atoms with Crippen molar-refractivity contribution in [1.29, 1.82) is 0 Å². The van der Waals surface area contributed by atoms with Gasteiger partial charge in [0.05, 0.1) is 36.2 Å². The Kier molecular flexibility index (Phi) is 5.10. The number of carbonyl (C=O) groups excluding carboxylic acids is 1. The summed E-state index contributed by atoms with van der Waals surface area (Å²) in [6.45, 7) is 4.03. The third-order valence-corrected chi connectivity index (χ3v) is 4.98. The van der Waals surface area contributed by atoms with Crippen LogP contribution in [0.15, 0.2) is 57.7 Å². The molecule has 3 aromatic heterocycles. The largest absolute Gasteiger partial charge is 0.495 e. The van der Waals surface area contributed by atoms with Crippen LogP contribution in [0.1, 0.15) is 30.2 Å². The maximum atomic E-state index is 13.2.